The highest BCUT2D eigenvalue weighted by molar-refractivity contribution is 7.98. The Morgan fingerprint density at radius 1 is 1.44 bits per heavy atom. The molecule has 10 heteroatoms. The molecule has 1 amide bonds. The van der Waals surface area contributed by atoms with Crippen LogP contribution in [-0.2, 0) is 11.2 Å². The minimum absolute atomic E-state index is 0.0267. The summed E-state index contributed by atoms with van der Waals surface area (Å²) < 4.78 is 5.78. The van der Waals surface area contributed by atoms with E-state index in [4.69, 9.17) is 4.42 Å². The number of aromatic nitrogens is 4. The number of nitrogens with zero attached hydrogens (tertiary/aromatic N) is 5. The number of carboxylic acid groups (broad SMARTS) is 1. The molecule has 2 N–H and O–H groups in total. The van der Waals surface area contributed by atoms with Crippen LogP contribution in [0.3, 0.4) is 0 Å². The van der Waals surface area contributed by atoms with E-state index >= 15 is 0 Å². The molecule has 3 heterocycles. The Balaban J connectivity index is 1.55. The van der Waals surface area contributed by atoms with E-state index in [1.165, 1.54) is 21.6 Å². The van der Waals surface area contributed by atoms with Gasteiger partial charge in [0.05, 0.1) is 30.2 Å². The van der Waals surface area contributed by atoms with Gasteiger partial charge in [-0.1, -0.05) is 37.4 Å². The van der Waals surface area contributed by atoms with Gasteiger partial charge in [0.1, 0.15) is 10.8 Å². The first-order valence-electron chi connectivity index (χ1n) is 9.00. The lowest BCUT2D eigenvalue weighted by atomic mass is 9.94. The van der Waals surface area contributed by atoms with Crippen molar-refractivity contribution in [3.05, 3.63) is 24.0 Å². The Hall–Kier alpha value is -2.23. The zero-order valence-electron chi connectivity index (χ0n) is 16.0. The van der Waals surface area contributed by atoms with Crippen LogP contribution in [0.25, 0.3) is 0 Å². The zero-order valence-corrected chi connectivity index (χ0v) is 16.9. The van der Waals surface area contributed by atoms with Crippen LogP contribution in [0, 0.1) is 0 Å². The number of oxazole rings is 1. The van der Waals surface area contributed by atoms with E-state index < -0.39 is 6.09 Å². The number of amides is 1. The van der Waals surface area contributed by atoms with Crippen molar-refractivity contribution in [3.63, 3.8) is 0 Å². The smallest absolute Gasteiger partial charge is 0.407 e. The highest BCUT2D eigenvalue weighted by atomic mass is 32.2. The standard InChI is InChI=1S/C17H26N6O3S/c1-11-12(6-5-7-22(11)16(24)25)20-23-19-9-15(21-23)27-10-14-18-8-13(26-14)17(2,3)4/h8-9,11-12,20H,5-7,10H2,1-4H3,(H,24,25)/t11-,12-/m1/s1. The predicted molar refractivity (Wildman–Crippen MR) is 101 cm³/mol. The van der Waals surface area contributed by atoms with Gasteiger partial charge in [-0.2, -0.15) is 0 Å². The molecule has 1 fully saturated rings. The molecule has 1 aliphatic rings. The van der Waals surface area contributed by atoms with E-state index in [1.54, 1.807) is 12.4 Å². The molecule has 0 radical (unpaired) electrons. The highest BCUT2D eigenvalue weighted by Crippen LogP contribution is 2.26. The van der Waals surface area contributed by atoms with Crippen molar-refractivity contribution in [3.8, 4) is 0 Å². The van der Waals surface area contributed by atoms with Crippen molar-refractivity contribution in [2.45, 2.75) is 68.8 Å². The van der Waals surface area contributed by atoms with Crippen molar-refractivity contribution >= 4 is 17.9 Å². The van der Waals surface area contributed by atoms with Gasteiger partial charge >= 0.3 is 6.09 Å². The lowest BCUT2D eigenvalue weighted by Crippen LogP contribution is -2.53. The molecule has 1 saturated heterocycles. The number of nitrogens with one attached hydrogen (secondary N) is 1. The fraction of sp³-hybridized carbons (Fsp3) is 0.647. The molecule has 2 aromatic rings. The molecule has 0 aromatic carbocycles. The summed E-state index contributed by atoms with van der Waals surface area (Å²) in [4.78, 5) is 18.5. The van der Waals surface area contributed by atoms with Crippen LogP contribution < -0.4 is 5.43 Å². The maximum Gasteiger partial charge on any atom is 0.407 e. The number of carbonyl (C=O) groups is 1. The Labute approximate surface area is 162 Å². The van der Waals surface area contributed by atoms with E-state index in [1.807, 2.05) is 6.92 Å². The second kappa shape index (κ2) is 7.79. The minimum atomic E-state index is -0.890. The summed E-state index contributed by atoms with van der Waals surface area (Å²) in [7, 11) is 0. The number of piperidine rings is 1. The van der Waals surface area contributed by atoms with Gasteiger partial charge in [0.15, 0.2) is 0 Å². The first-order chi connectivity index (χ1) is 12.7. The molecule has 0 bridgehead atoms. The average molecular weight is 395 g/mol. The van der Waals surface area contributed by atoms with Crippen molar-refractivity contribution in [2.75, 3.05) is 12.0 Å². The normalized spacial score (nSPS) is 20.7. The van der Waals surface area contributed by atoms with Gasteiger partial charge < -0.3 is 14.4 Å². The van der Waals surface area contributed by atoms with Crippen LogP contribution in [0.4, 0.5) is 4.79 Å². The van der Waals surface area contributed by atoms with Gasteiger partial charge in [0.25, 0.3) is 0 Å². The number of thioether (sulfide) groups is 1. The van der Waals surface area contributed by atoms with Gasteiger partial charge in [-0.25, -0.2) is 9.78 Å². The molecule has 27 heavy (non-hydrogen) atoms. The molecule has 1 aliphatic heterocycles. The van der Waals surface area contributed by atoms with Crippen molar-refractivity contribution in [1.82, 2.24) is 25.0 Å². The summed E-state index contributed by atoms with van der Waals surface area (Å²) in [6, 6.07) is -0.164. The lowest BCUT2D eigenvalue weighted by Gasteiger charge is -2.37. The summed E-state index contributed by atoms with van der Waals surface area (Å²) in [6.45, 7) is 8.72. The molecule has 0 aliphatic carbocycles. The molecule has 9 nitrogen and oxygen atoms in total. The first-order valence-corrected chi connectivity index (χ1v) is 9.99. The molecular formula is C17H26N6O3S. The fourth-order valence-electron chi connectivity index (χ4n) is 2.97. The van der Waals surface area contributed by atoms with Crippen molar-refractivity contribution in [2.24, 2.45) is 0 Å². The Morgan fingerprint density at radius 2 is 2.22 bits per heavy atom. The van der Waals surface area contributed by atoms with Crippen molar-refractivity contribution < 1.29 is 14.3 Å². The second-order valence-electron chi connectivity index (χ2n) is 7.72. The lowest BCUT2D eigenvalue weighted by molar-refractivity contribution is 0.104. The molecule has 0 saturated carbocycles. The Bertz CT molecular complexity index is 784. The molecule has 0 spiro atoms. The Kier molecular flexibility index (Phi) is 5.64. The topological polar surface area (TPSA) is 109 Å². The van der Waals surface area contributed by atoms with Crippen LogP contribution in [0.2, 0.25) is 0 Å². The van der Waals surface area contributed by atoms with Crippen LogP contribution in [-0.4, -0.2) is 54.8 Å². The third kappa shape index (κ3) is 4.74. The van der Waals surface area contributed by atoms with Gasteiger partial charge in [-0.05, 0) is 19.8 Å². The van der Waals surface area contributed by atoms with E-state index in [0.717, 1.165) is 23.6 Å². The van der Waals surface area contributed by atoms with Crippen molar-refractivity contribution in [1.29, 1.82) is 0 Å². The van der Waals surface area contributed by atoms with Gasteiger partial charge in [-0.3, -0.25) is 5.43 Å². The molecule has 148 valence electrons. The molecule has 2 aromatic heterocycles. The maximum absolute atomic E-state index is 11.3. The first kappa shape index (κ1) is 19.5. The van der Waals surface area contributed by atoms with E-state index in [-0.39, 0.29) is 17.5 Å². The summed E-state index contributed by atoms with van der Waals surface area (Å²) in [5, 5.41) is 18.6. The average Bonchev–Trinajstić information content (AvgIpc) is 3.23. The SMILES string of the molecule is C[C@@H]1[C@H](Nn2ncc(SCc3ncc(C(C)(C)C)o3)n2)CCCN1C(=O)O. The van der Waals surface area contributed by atoms with Gasteiger partial charge in [0.2, 0.25) is 5.89 Å². The number of hydrogen-bond donors (Lipinski definition) is 2. The molecule has 2 atom stereocenters. The van der Waals surface area contributed by atoms with Crippen LogP contribution in [0.1, 0.15) is 52.2 Å². The van der Waals surface area contributed by atoms with Gasteiger partial charge in [0, 0.05) is 12.0 Å². The maximum atomic E-state index is 11.3. The molecule has 3 rings (SSSR count). The molecule has 0 unspecified atom stereocenters. The van der Waals surface area contributed by atoms with Crippen LogP contribution >= 0.6 is 11.8 Å². The number of hydrogen-bond acceptors (Lipinski definition) is 7. The quantitative estimate of drug-likeness (QED) is 0.745. The van der Waals surface area contributed by atoms with Crippen LogP contribution in [0.15, 0.2) is 21.8 Å². The Morgan fingerprint density at radius 3 is 2.89 bits per heavy atom. The fourth-order valence-corrected chi connectivity index (χ4v) is 3.63. The number of likely N-dealkylation sites (tertiary alicyclic amines) is 1. The third-order valence-corrected chi connectivity index (χ3v) is 5.50. The van der Waals surface area contributed by atoms with E-state index in [0.29, 0.717) is 18.2 Å². The summed E-state index contributed by atoms with van der Waals surface area (Å²) >= 11 is 1.49. The van der Waals surface area contributed by atoms with Crippen LogP contribution in [0.5, 0.6) is 0 Å². The predicted octanol–water partition coefficient (Wildman–Crippen LogP) is 2.93. The largest absolute Gasteiger partial charge is 0.465 e. The summed E-state index contributed by atoms with van der Waals surface area (Å²) in [5.41, 5.74) is 3.13. The summed E-state index contributed by atoms with van der Waals surface area (Å²) in [5.74, 6) is 2.09. The molecular weight excluding hydrogens is 368 g/mol. The summed E-state index contributed by atoms with van der Waals surface area (Å²) in [6.07, 6.45) is 4.25. The number of rotatable bonds is 5. The minimum Gasteiger partial charge on any atom is -0.465 e. The van der Waals surface area contributed by atoms with E-state index in [2.05, 4.69) is 41.4 Å². The van der Waals surface area contributed by atoms with Gasteiger partial charge in [-0.15, -0.1) is 10.2 Å². The highest BCUT2D eigenvalue weighted by Gasteiger charge is 2.31. The third-order valence-electron chi connectivity index (χ3n) is 4.62. The van der Waals surface area contributed by atoms with E-state index in [9.17, 15) is 9.90 Å². The zero-order chi connectivity index (χ0) is 19.6. The monoisotopic (exact) mass is 394 g/mol. The second-order valence-corrected chi connectivity index (χ2v) is 8.72.